The number of pyridine rings is 1. The number of hydrogen-bond acceptors (Lipinski definition) is 4. The molecular weight excluding hydrogens is 389 g/mol. The van der Waals surface area contributed by atoms with E-state index in [1.54, 1.807) is 16.7 Å². The van der Waals surface area contributed by atoms with Crippen LogP contribution in [0.25, 0.3) is 10.9 Å². The Bertz CT molecular complexity index is 1050. The van der Waals surface area contributed by atoms with Gasteiger partial charge in [-0.1, -0.05) is 12.1 Å². The summed E-state index contributed by atoms with van der Waals surface area (Å²) in [6, 6.07) is 7.04. The maximum Gasteiger partial charge on any atom is 0.295 e. The van der Waals surface area contributed by atoms with Crippen molar-refractivity contribution in [2.45, 2.75) is 13.0 Å². The largest absolute Gasteiger partial charge is 0.346 e. The lowest BCUT2D eigenvalue weighted by Gasteiger charge is -2.09. The van der Waals surface area contributed by atoms with Crippen molar-refractivity contribution >= 4 is 22.7 Å². The number of halogens is 3. The van der Waals surface area contributed by atoms with E-state index in [0.29, 0.717) is 16.0 Å². The second kappa shape index (κ2) is 8.31. The van der Waals surface area contributed by atoms with Gasteiger partial charge in [0, 0.05) is 25.2 Å². The SMILES string of the molecule is CN(O)C(=O)c1cc2c(C(=O)NCC(F)F)cn(Cc3ccc(F)cc3)c2cn1. The summed E-state index contributed by atoms with van der Waals surface area (Å²) in [5, 5.41) is 12.1. The minimum Gasteiger partial charge on any atom is -0.346 e. The van der Waals surface area contributed by atoms with Gasteiger partial charge in [-0.15, -0.1) is 0 Å². The third-order valence-electron chi connectivity index (χ3n) is 4.21. The number of nitrogens with one attached hydrogen (secondary N) is 1. The third-order valence-corrected chi connectivity index (χ3v) is 4.21. The van der Waals surface area contributed by atoms with Crippen LogP contribution in [0.4, 0.5) is 13.2 Å². The molecular formula is C19H17F3N4O3. The molecule has 1 aromatic carbocycles. The molecule has 0 spiro atoms. The fourth-order valence-electron chi connectivity index (χ4n) is 2.83. The van der Waals surface area contributed by atoms with Crippen LogP contribution in [0.3, 0.4) is 0 Å². The van der Waals surface area contributed by atoms with Gasteiger partial charge in [0.25, 0.3) is 18.2 Å². The normalized spacial score (nSPS) is 11.1. The summed E-state index contributed by atoms with van der Waals surface area (Å²) in [5.41, 5.74) is 1.15. The number of amides is 2. The Morgan fingerprint density at radius 2 is 1.97 bits per heavy atom. The molecule has 3 rings (SSSR count). The number of hydroxylamine groups is 2. The average molecular weight is 406 g/mol. The fourth-order valence-corrected chi connectivity index (χ4v) is 2.83. The van der Waals surface area contributed by atoms with Crippen molar-refractivity contribution in [2.24, 2.45) is 0 Å². The summed E-state index contributed by atoms with van der Waals surface area (Å²) in [6.45, 7) is -0.562. The number of nitrogens with zero attached hydrogens (tertiary/aromatic N) is 3. The molecule has 0 aliphatic carbocycles. The minimum atomic E-state index is -2.71. The number of carbonyl (C=O) groups is 2. The van der Waals surface area contributed by atoms with E-state index >= 15 is 0 Å². The molecule has 0 bridgehead atoms. The van der Waals surface area contributed by atoms with Crippen molar-refractivity contribution < 1.29 is 28.0 Å². The van der Waals surface area contributed by atoms with E-state index in [4.69, 9.17) is 0 Å². The van der Waals surface area contributed by atoms with Crippen LogP contribution < -0.4 is 5.32 Å². The van der Waals surface area contributed by atoms with Crippen LogP contribution in [-0.4, -0.2) is 51.7 Å². The van der Waals surface area contributed by atoms with Crippen molar-refractivity contribution in [3.8, 4) is 0 Å². The third kappa shape index (κ3) is 4.54. The van der Waals surface area contributed by atoms with Gasteiger partial charge in [-0.2, -0.15) is 0 Å². The topological polar surface area (TPSA) is 87.5 Å². The highest BCUT2D eigenvalue weighted by atomic mass is 19.3. The van der Waals surface area contributed by atoms with Gasteiger partial charge < -0.3 is 9.88 Å². The van der Waals surface area contributed by atoms with Crippen LogP contribution >= 0.6 is 0 Å². The number of carbonyl (C=O) groups excluding carboxylic acids is 2. The van der Waals surface area contributed by atoms with E-state index in [1.807, 2.05) is 0 Å². The molecule has 0 radical (unpaired) electrons. The molecule has 0 fully saturated rings. The molecule has 2 amide bonds. The lowest BCUT2D eigenvalue weighted by molar-refractivity contribution is -0.0379. The summed E-state index contributed by atoms with van der Waals surface area (Å²) in [5.74, 6) is -1.93. The first-order valence-corrected chi connectivity index (χ1v) is 8.53. The molecule has 2 N–H and O–H groups in total. The van der Waals surface area contributed by atoms with Crippen LogP contribution in [0.2, 0.25) is 0 Å². The lowest BCUT2D eigenvalue weighted by atomic mass is 10.1. The van der Waals surface area contributed by atoms with Gasteiger partial charge in [0.1, 0.15) is 11.5 Å². The standard InChI is InChI=1S/C19H17F3N4O3/c1-25(29)19(28)15-6-13-14(18(27)24-8-17(21)22)10-26(16(13)7-23-15)9-11-2-4-12(20)5-3-11/h2-7,10,17,29H,8-9H2,1H3,(H,24,27). The summed E-state index contributed by atoms with van der Waals surface area (Å²) >= 11 is 0. The van der Waals surface area contributed by atoms with E-state index < -0.39 is 30.6 Å². The second-order valence-corrected chi connectivity index (χ2v) is 6.31. The number of fused-ring (bicyclic) bond motifs is 1. The predicted molar refractivity (Wildman–Crippen MR) is 97.5 cm³/mol. The summed E-state index contributed by atoms with van der Waals surface area (Å²) in [7, 11) is 1.13. The smallest absolute Gasteiger partial charge is 0.295 e. The summed E-state index contributed by atoms with van der Waals surface area (Å²) in [4.78, 5) is 28.4. The summed E-state index contributed by atoms with van der Waals surface area (Å²) in [6.07, 6.45) is 0.0840. The number of rotatable bonds is 6. The van der Waals surface area contributed by atoms with Gasteiger partial charge in [-0.3, -0.25) is 14.8 Å². The van der Waals surface area contributed by atoms with Crippen LogP contribution in [0.5, 0.6) is 0 Å². The zero-order valence-electron chi connectivity index (χ0n) is 15.3. The molecule has 29 heavy (non-hydrogen) atoms. The van der Waals surface area contributed by atoms with Gasteiger partial charge in [-0.05, 0) is 23.8 Å². The maximum atomic E-state index is 13.1. The lowest BCUT2D eigenvalue weighted by Crippen LogP contribution is -2.28. The molecule has 2 heterocycles. The average Bonchev–Trinajstić information content (AvgIpc) is 3.05. The van der Waals surface area contributed by atoms with Crippen molar-refractivity contribution in [3.05, 3.63) is 65.4 Å². The van der Waals surface area contributed by atoms with Crippen molar-refractivity contribution in [3.63, 3.8) is 0 Å². The Hall–Kier alpha value is -3.40. The van der Waals surface area contributed by atoms with Crippen LogP contribution in [-0.2, 0) is 6.54 Å². The molecule has 152 valence electrons. The molecule has 2 aromatic heterocycles. The highest BCUT2D eigenvalue weighted by Gasteiger charge is 2.20. The highest BCUT2D eigenvalue weighted by molar-refractivity contribution is 6.08. The van der Waals surface area contributed by atoms with E-state index in [0.717, 1.165) is 12.6 Å². The van der Waals surface area contributed by atoms with E-state index in [2.05, 4.69) is 10.3 Å². The minimum absolute atomic E-state index is 0.0693. The number of hydrogen-bond donors (Lipinski definition) is 2. The Labute approximate surface area is 163 Å². The Morgan fingerprint density at radius 3 is 2.59 bits per heavy atom. The number of alkyl halides is 2. The van der Waals surface area contributed by atoms with Crippen LogP contribution in [0, 0.1) is 5.82 Å². The molecule has 0 saturated carbocycles. The van der Waals surface area contributed by atoms with E-state index in [1.165, 1.54) is 30.6 Å². The van der Waals surface area contributed by atoms with E-state index in [-0.39, 0.29) is 17.8 Å². The molecule has 0 unspecified atom stereocenters. The highest BCUT2D eigenvalue weighted by Crippen LogP contribution is 2.23. The second-order valence-electron chi connectivity index (χ2n) is 6.31. The fraction of sp³-hybridized carbons (Fsp3) is 0.211. The van der Waals surface area contributed by atoms with Gasteiger partial charge in [0.05, 0.1) is 23.8 Å². The first-order valence-electron chi connectivity index (χ1n) is 8.53. The Kier molecular flexibility index (Phi) is 5.83. The molecule has 0 aliphatic rings. The number of aromatic nitrogens is 2. The van der Waals surface area contributed by atoms with Gasteiger partial charge in [-0.25, -0.2) is 23.2 Å². The van der Waals surface area contributed by atoms with Crippen molar-refractivity contribution in [1.82, 2.24) is 19.9 Å². The first kappa shape index (κ1) is 20.3. The zero-order valence-corrected chi connectivity index (χ0v) is 15.3. The molecule has 0 aliphatic heterocycles. The first-order chi connectivity index (χ1) is 13.8. The van der Waals surface area contributed by atoms with E-state index in [9.17, 15) is 28.0 Å². The number of benzene rings is 1. The molecule has 3 aromatic rings. The van der Waals surface area contributed by atoms with Gasteiger partial charge in [0.15, 0.2) is 0 Å². The van der Waals surface area contributed by atoms with Gasteiger partial charge >= 0.3 is 0 Å². The summed E-state index contributed by atoms with van der Waals surface area (Å²) < 4.78 is 39.7. The molecule has 0 saturated heterocycles. The Balaban J connectivity index is 2.05. The quantitative estimate of drug-likeness (QED) is 0.487. The predicted octanol–water partition coefficient (Wildman–Crippen LogP) is 2.68. The van der Waals surface area contributed by atoms with Crippen LogP contribution in [0.1, 0.15) is 26.4 Å². The maximum absolute atomic E-state index is 13.1. The van der Waals surface area contributed by atoms with Crippen molar-refractivity contribution in [1.29, 1.82) is 0 Å². The van der Waals surface area contributed by atoms with Crippen LogP contribution in [0.15, 0.2) is 42.7 Å². The Morgan fingerprint density at radius 1 is 1.28 bits per heavy atom. The molecule has 0 atom stereocenters. The van der Waals surface area contributed by atoms with Gasteiger partial charge in [0.2, 0.25) is 0 Å². The van der Waals surface area contributed by atoms with Crippen molar-refractivity contribution in [2.75, 3.05) is 13.6 Å². The molecule has 7 nitrogen and oxygen atoms in total. The zero-order chi connectivity index (χ0) is 21.1. The molecule has 10 heteroatoms. The monoisotopic (exact) mass is 406 g/mol.